The second kappa shape index (κ2) is 6.55. The number of carbonyl (C=O) groups is 2. The van der Waals surface area contributed by atoms with Gasteiger partial charge in [0.05, 0.1) is 19.6 Å². The van der Waals surface area contributed by atoms with Crippen LogP contribution < -0.4 is 5.73 Å². The van der Waals surface area contributed by atoms with Crippen molar-refractivity contribution < 1.29 is 9.59 Å². The highest BCUT2D eigenvalue weighted by Gasteiger charge is 2.28. The third kappa shape index (κ3) is 3.38. The SMILES string of the molecule is CCN1CC(=O)N(Cc2cc(C#CCN)cs2)CC1=O. The molecule has 0 radical (unpaired) electrons. The highest BCUT2D eigenvalue weighted by molar-refractivity contribution is 7.10. The van der Waals surface area contributed by atoms with Crippen LogP contribution in [0.5, 0.6) is 0 Å². The van der Waals surface area contributed by atoms with Gasteiger partial charge in [0.1, 0.15) is 6.54 Å². The van der Waals surface area contributed by atoms with Gasteiger partial charge in [-0.25, -0.2) is 0 Å². The third-order valence-electron chi connectivity index (χ3n) is 3.07. The van der Waals surface area contributed by atoms with Crippen molar-refractivity contribution in [1.82, 2.24) is 9.80 Å². The van der Waals surface area contributed by atoms with E-state index in [9.17, 15) is 9.59 Å². The van der Waals surface area contributed by atoms with E-state index in [2.05, 4.69) is 11.8 Å². The molecule has 1 aromatic heterocycles. The Hall–Kier alpha value is -1.84. The number of rotatable bonds is 3. The maximum Gasteiger partial charge on any atom is 0.242 e. The molecular formula is C14H17N3O2S. The van der Waals surface area contributed by atoms with Gasteiger partial charge in [-0.3, -0.25) is 9.59 Å². The van der Waals surface area contributed by atoms with E-state index in [0.717, 1.165) is 10.4 Å². The molecule has 106 valence electrons. The van der Waals surface area contributed by atoms with Crippen LogP contribution in [0.2, 0.25) is 0 Å². The van der Waals surface area contributed by atoms with Crippen LogP contribution in [0.15, 0.2) is 11.4 Å². The van der Waals surface area contributed by atoms with Crippen molar-refractivity contribution in [3.63, 3.8) is 0 Å². The van der Waals surface area contributed by atoms with E-state index in [1.54, 1.807) is 21.1 Å². The zero-order valence-corrected chi connectivity index (χ0v) is 12.2. The van der Waals surface area contributed by atoms with Crippen molar-refractivity contribution >= 4 is 23.2 Å². The Morgan fingerprint density at radius 2 is 2.00 bits per heavy atom. The molecule has 1 aliphatic rings. The summed E-state index contributed by atoms with van der Waals surface area (Å²) in [7, 11) is 0. The number of nitrogens with zero attached hydrogens (tertiary/aromatic N) is 2. The van der Waals surface area contributed by atoms with Crippen LogP contribution >= 0.6 is 11.3 Å². The Labute approximate surface area is 122 Å². The Kier molecular flexibility index (Phi) is 4.77. The monoisotopic (exact) mass is 291 g/mol. The molecule has 2 amide bonds. The zero-order valence-electron chi connectivity index (χ0n) is 11.4. The molecule has 20 heavy (non-hydrogen) atoms. The van der Waals surface area contributed by atoms with Crippen LogP contribution in [0.3, 0.4) is 0 Å². The van der Waals surface area contributed by atoms with Crippen molar-refractivity contribution in [3.8, 4) is 11.8 Å². The van der Waals surface area contributed by atoms with E-state index >= 15 is 0 Å². The van der Waals surface area contributed by atoms with Crippen molar-refractivity contribution in [1.29, 1.82) is 0 Å². The van der Waals surface area contributed by atoms with Gasteiger partial charge < -0.3 is 15.5 Å². The number of piperazine rings is 1. The number of hydrogen-bond donors (Lipinski definition) is 1. The average Bonchev–Trinajstić information content (AvgIpc) is 2.87. The molecule has 0 unspecified atom stereocenters. The average molecular weight is 291 g/mol. The fourth-order valence-corrected chi connectivity index (χ4v) is 2.84. The van der Waals surface area contributed by atoms with Gasteiger partial charge in [-0.2, -0.15) is 0 Å². The molecule has 0 saturated carbocycles. The van der Waals surface area contributed by atoms with Gasteiger partial charge in [-0.1, -0.05) is 11.8 Å². The van der Waals surface area contributed by atoms with Crippen LogP contribution in [0.4, 0.5) is 0 Å². The van der Waals surface area contributed by atoms with Crippen molar-refractivity contribution in [2.45, 2.75) is 13.5 Å². The minimum Gasteiger partial charge on any atom is -0.332 e. The standard InChI is InChI=1S/C14H17N3O2S/c1-2-16-8-14(19)17(9-13(16)18)7-12-6-11(10-20-12)4-3-5-15/h6,10H,2,5,7-9,15H2,1H3. The van der Waals surface area contributed by atoms with Crippen LogP contribution in [0, 0.1) is 11.8 Å². The van der Waals surface area contributed by atoms with E-state index in [4.69, 9.17) is 5.73 Å². The zero-order chi connectivity index (χ0) is 14.5. The number of carbonyl (C=O) groups excluding carboxylic acids is 2. The molecule has 1 saturated heterocycles. The second-order valence-electron chi connectivity index (χ2n) is 4.47. The number of amides is 2. The Balaban J connectivity index is 2.01. The lowest BCUT2D eigenvalue weighted by molar-refractivity contribution is -0.150. The molecule has 0 aromatic carbocycles. The number of nitrogens with two attached hydrogens (primary N) is 1. The van der Waals surface area contributed by atoms with E-state index in [1.807, 2.05) is 18.4 Å². The molecule has 2 N–H and O–H groups in total. The molecular weight excluding hydrogens is 274 g/mol. The predicted octanol–water partition coefficient (Wildman–Crippen LogP) is 0.249. The molecule has 1 aromatic rings. The lowest BCUT2D eigenvalue weighted by Crippen LogP contribution is -2.53. The van der Waals surface area contributed by atoms with Gasteiger partial charge in [0, 0.05) is 22.4 Å². The van der Waals surface area contributed by atoms with E-state index in [0.29, 0.717) is 19.6 Å². The first kappa shape index (κ1) is 14.6. The van der Waals surface area contributed by atoms with Crippen LogP contribution in [0.25, 0.3) is 0 Å². The quantitative estimate of drug-likeness (QED) is 0.812. The van der Waals surface area contributed by atoms with Gasteiger partial charge in [0.15, 0.2) is 0 Å². The lowest BCUT2D eigenvalue weighted by atomic mass is 10.2. The molecule has 1 fully saturated rings. The predicted molar refractivity (Wildman–Crippen MR) is 77.9 cm³/mol. The summed E-state index contributed by atoms with van der Waals surface area (Å²) in [4.78, 5) is 28.0. The van der Waals surface area contributed by atoms with Crippen LogP contribution in [-0.2, 0) is 16.1 Å². The van der Waals surface area contributed by atoms with Crippen molar-refractivity contribution in [2.75, 3.05) is 26.2 Å². The van der Waals surface area contributed by atoms with Crippen molar-refractivity contribution in [2.24, 2.45) is 5.73 Å². The number of hydrogen-bond acceptors (Lipinski definition) is 4. The summed E-state index contributed by atoms with van der Waals surface area (Å²) in [6.07, 6.45) is 0. The Bertz CT molecular complexity index is 570. The topological polar surface area (TPSA) is 66.6 Å². The Morgan fingerprint density at radius 3 is 2.70 bits per heavy atom. The first-order valence-corrected chi connectivity index (χ1v) is 7.34. The summed E-state index contributed by atoms with van der Waals surface area (Å²) in [6.45, 7) is 3.60. The smallest absolute Gasteiger partial charge is 0.242 e. The molecule has 2 heterocycles. The van der Waals surface area contributed by atoms with Gasteiger partial charge in [-0.15, -0.1) is 11.3 Å². The fraction of sp³-hybridized carbons (Fsp3) is 0.429. The van der Waals surface area contributed by atoms with Crippen LogP contribution in [-0.4, -0.2) is 47.8 Å². The van der Waals surface area contributed by atoms with E-state index in [-0.39, 0.29) is 24.9 Å². The first-order chi connectivity index (χ1) is 9.63. The summed E-state index contributed by atoms with van der Waals surface area (Å²) in [6, 6.07) is 1.94. The summed E-state index contributed by atoms with van der Waals surface area (Å²) in [5.74, 6) is 5.75. The molecule has 0 atom stereocenters. The fourth-order valence-electron chi connectivity index (χ4n) is 2.01. The number of likely N-dealkylation sites (N-methyl/N-ethyl adjacent to an activating group) is 1. The largest absolute Gasteiger partial charge is 0.332 e. The second-order valence-corrected chi connectivity index (χ2v) is 5.46. The molecule has 2 rings (SSSR count). The minimum atomic E-state index is -0.00515. The van der Waals surface area contributed by atoms with Crippen molar-refractivity contribution in [3.05, 3.63) is 21.9 Å². The van der Waals surface area contributed by atoms with Gasteiger partial charge >= 0.3 is 0 Å². The summed E-state index contributed by atoms with van der Waals surface area (Å²) in [5, 5.41) is 1.94. The maximum atomic E-state index is 12.0. The molecule has 0 aliphatic carbocycles. The molecule has 1 aliphatic heterocycles. The highest BCUT2D eigenvalue weighted by Crippen LogP contribution is 2.18. The maximum absolute atomic E-state index is 12.0. The molecule has 6 heteroatoms. The highest BCUT2D eigenvalue weighted by atomic mass is 32.1. The first-order valence-electron chi connectivity index (χ1n) is 6.46. The molecule has 0 spiro atoms. The minimum absolute atomic E-state index is 0.00515. The summed E-state index contributed by atoms with van der Waals surface area (Å²) in [5.41, 5.74) is 6.23. The van der Waals surface area contributed by atoms with Gasteiger partial charge in [-0.05, 0) is 13.0 Å². The lowest BCUT2D eigenvalue weighted by Gasteiger charge is -2.32. The van der Waals surface area contributed by atoms with Gasteiger partial charge in [0.2, 0.25) is 11.8 Å². The molecule has 0 bridgehead atoms. The molecule has 5 nitrogen and oxygen atoms in total. The van der Waals surface area contributed by atoms with E-state index in [1.165, 1.54) is 0 Å². The van der Waals surface area contributed by atoms with E-state index < -0.39 is 0 Å². The normalized spacial score (nSPS) is 15.3. The third-order valence-corrected chi connectivity index (χ3v) is 4.00. The van der Waals surface area contributed by atoms with Gasteiger partial charge in [0.25, 0.3) is 0 Å². The summed E-state index contributed by atoms with van der Waals surface area (Å²) >= 11 is 1.54. The summed E-state index contributed by atoms with van der Waals surface area (Å²) < 4.78 is 0. The number of thiophene rings is 1. The van der Waals surface area contributed by atoms with Crippen LogP contribution in [0.1, 0.15) is 17.4 Å². The Morgan fingerprint density at radius 1 is 1.30 bits per heavy atom.